The van der Waals surface area contributed by atoms with Crippen molar-refractivity contribution in [2.45, 2.75) is 38.8 Å². The first kappa shape index (κ1) is 11.1. The van der Waals surface area contributed by atoms with Crippen molar-refractivity contribution < 1.29 is 9.86 Å². The Morgan fingerprint density at radius 1 is 1.50 bits per heavy atom. The lowest BCUT2D eigenvalue weighted by atomic mass is 9.97. The van der Waals surface area contributed by atoms with Crippen LogP contribution >= 0.6 is 0 Å². The molecule has 1 N–H and O–H groups in total. The zero-order valence-electron chi connectivity index (χ0n) is 9.05. The van der Waals surface area contributed by atoms with Gasteiger partial charge < -0.3 is 10.3 Å². The predicted molar refractivity (Wildman–Crippen MR) is 53.6 cm³/mol. The van der Waals surface area contributed by atoms with E-state index in [0.29, 0.717) is 0 Å². The normalized spacial score (nSPS) is 28.1. The molecule has 0 radical (unpaired) electrons. The van der Waals surface area contributed by atoms with Crippen LogP contribution in [0.1, 0.15) is 27.7 Å². The summed E-state index contributed by atoms with van der Waals surface area (Å²) in [6.45, 7) is 7.79. The topological polar surface area (TPSA) is 56.9 Å². The minimum absolute atomic E-state index is 0.182. The van der Waals surface area contributed by atoms with Crippen LogP contribution in [0.3, 0.4) is 0 Å². The van der Waals surface area contributed by atoms with Gasteiger partial charge in [0.25, 0.3) is 0 Å². The first-order valence-corrected chi connectivity index (χ1v) is 4.63. The molecule has 0 amide bonds. The molecule has 1 heterocycles. The molecule has 78 valence electrons. The number of aliphatic imine (C=N–C) groups is 1. The van der Waals surface area contributed by atoms with E-state index in [-0.39, 0.29) is 11.6 Å². The average Bonchev–Trinajstić information content (AvgIpc) is 2.23. The highest BCUT2D eigenvalue weighted by molar-refractivity contribution is 5.35. The van der Waals surface area contributed by atoms with Gasteiger partial charge >= 0.3 is 0 Å². The molecule has 0 saturated carbocycles. The molecule has 14 heavy (non-hydrogen) atoms. The van der Waals surface area contributed by atoms with Crippen LogP contribution in [0.25, 0.3) is 0 Å². The zero-order valence-corrected chi connectivity index (χ0v) is 9.05. The van der Waals surface area contributed by atoms with Crippen LogP contribution in [0.4, 0.5) is 0 Å². The maximum absolute atomic E-state index is 11.9. The van der Waals surface area contributed by atoms with Crippen molar-refractivity contribution in [1.29, 1.82) is 0 Å². The summed E-state index contributed by atoms with van der Waals surface area (Å²) >= 11 is 0. The van der Waals surface area contributed by atoms with Gasteiger partial charge in [0.1, 0.15) is 11.1 Å². The second kappa shape index (κ2) is 3.31. The molecule has 1 unspecified atom stereocenters. The van der Waals surface area contributed by atoms with Crippen LogP contribution in [0.2, 0.25) is 0 Å². The number of quaternary nitrogens is 1. The Morgan fingerprint density at radius 3 is 2.43 bits per heavy atom. The third-order valence-corrected chi connectivity index (χ3v) is 2.80. The van der Waals surface area contributed by atoms with Gasteiger partial charge in [0.15, 0.2) is 0 Å². The van der Waals surface area contributed by atoms with Crippen molar-refractivity contribution in [3.05, 3.63) is 16.9 Å². The van der Waals surface area contributed by atoms with Crippen LogP contribution < -0.4 is 5.06 Å². The third-order valence-electron chi connectivity index (χ3n) is 2.80. The molecule has 1 atom stereocenters. The fourth-order valence-corrected chi connectivity index (χ4v) is 1.99. The lowest BCUT2D eigenvalue weighted by Crippen LogP contribution is -3.20. The highest BCUT2D eigenvalue weighted by atomic mass is 16.5. The quantitative estimate of drug-likeness (QED) is 0.297. The molecule has 0 aliphatic carbocycles. The summed E-state index contributed by atoms with van der Waals surface area (Å²) < 4.78 is 0. The van der Waals surface area contributed by atoms with Crippen molar-refractivity contribution in [3.8, 4) is 0 Å². The molecule has 0 aromatic rings. The maximum atomic E-state index is 11.9. The molecule has 0 aromatic carbocycles. The third kappa shape index (κ3) is 1.64. The molecule has 0 spiro atoms. The van der Waals surface area contributed by atoms with E-state index in [1.807, 2.05) is 33.8 Å². The molecule has 1 rings (SSSR count). The van der Waals surface area contributed by atoms with Crippen molar-refractivity contribution in [2.24, 2.45) is 4.99 Å². The van der Waals surface area contributed by atoms with E-state index in [4.69, 9.17) is 0 Å². The fraction of sp³-hybridized carbons (Fsp3) is 0.700. The van der Waals surface area contributed by atoms with Gasteiger partial charge in [-0.15, -0.1) is 0 Å². The fourth-order valence-electron chi connectivity index (χ4n) is 1.99. The summed E-state index contributed by atoms with van der Waals surface area (Å²) in [5.74, 6) is 0. The molecule has 4 nitrogen and oxygen atoms in total. The Labute approximate surface area is 83.9 Å². The highest BCUT2D eigenvalue weighted by Gasteiger charge is 2.44. The van der Waals surface area contributed by atoms with E-state index in [1.165, 1.54) is 6.08 Å². The van der Waals surface area contributed by atoms with Crippen molar-refractivity contribution >= 4 is 6.08 Å². The molecule has 0 saturated heterocycles. The summed E-state index contributed by atoms with van der Waals surface area (Å²) in [4.78, 5) is 13.5. The van der Waals surface area contributed by atoms with E-state index < -0.39 is 11.1 Å². The number of nitrogens with one attached hydrogen (secondary N) is 1. The van der Waals surface area contributed by atoms with Crippen LogP contribution in [0.15, 0.2) is 16.6 Å². The number of isocyanates is 1. The summed E-state index contributed by atoms with van der Waals surface area (Å²) in [6.07, 6.45) is 3.41. The Hall–Kier alpha value is -0.960. The summed E-state index contributed by atoms with van der Waals surface area (Å²) in [7, 11) is 0. The maximum Gasteiger partial charge on any atom is 0.235 e. The molecule has 0 fully saturated rings. The van der Waals surface area contributed by atoms with Crippen LogP contribution in [-0.4, -0.2) is 23.7 Å². The van der Waals surface area contributed by atoms with Crippen molar-refractivity contribution in [1.82, 2.24) is 0 Å². The molecule has 0 aromatic heterocycles. The first-order valence-electron chi connectivity index (χ1n) is 4.63. The van der Waals surface area contributed by atoms with Crippen LogP contribution in [-0.2, 0) is 4.79 Å². The smallest absolute Gasteiger partial charge is 0.235 e. The van der Waals surface area contributed by atoms with Gasteiger partial charge in [0.2, 0.25) is 6.08 Å². The molecule has 0 bridgehead atoms. The van der Waals surface area contributed by atoms with E-state index >= 15 is 0 Å². The van der Waals surface area contributed by atoms with Gasteiger partial charge in [-0.2, -0.15) is 0 Å². The number of carbonyl (C=O) groups excluding carboxylic acids is 1. The van der Waals surface area contributed by atoms with E-state index in [2.05, 4.69) is 4.99 Å². The molecular weight excluding hydrogens is 180 g/mol. The summed E-state index contributed by atoms with van der Waals surface area (Å²) in [5.41, 5.74) is -0.0167. The second-order valence-corrected chi connectivity index (χ2v) is 4.75. The minimum Gasteiger partial charge on any atom is -0.633 e. The van der Waals surface area contributed by atoms with Crippen LogP contribution in [0, 0.1) is 5.21 Å². The van der Waals surface area contributed by atoms with Crippen molar-refractivity contribution in [3.63, 3.8) is 0 Å². The number of hydrogen-bond donors (Lipinski definition) is 1. The molecule has 4 heteroatoms. The number of rotatable bonds is 2. The minimum atomic E-state index is -0.496. The second-order valence-electron chi connectivity index (χ2n) is 4.75. The Bertz CT molecular complexity index is 312. The van der Waals surface area contributed by atoms with Crippen LogP contribution in [0.5, 0.6) is 0 Å². The van der Waals surface area contributed by atoms with Gasteiger partial charge in [-0.25, -0.2) is 9.79 Å². The Morgan fingerprint density at radius 2 is 2.07 bits per heavy atom. The van der Waals surface area contributed by atoms with Crippen molar-refractivity contribution in [2.75, 3.05) is 6.54 Å². The molecule has 1 aliphatic rings. The standard InChI is InChI=1S/C10H16N2O2/c1-9(2)5-8(6-11-7-13)10(3,4)12(9)14/h5,12H,6H2,1-4H3. The lowest BCUT2D eigenvalue weighted by Gasteiger charge is -2.41. The Balaban J connectivity index is 3.00. The van der Waals surface area contributed by atoms with E-state index in [1.54, 1.807) is 0 Å². The summed E-state index contributed by atoms with van der Waals surface area (Å²) in [6, 6.07) is 0. The van der Waals surface area contributed by atoms with E-state index in [9.17, 15) is 10.0 Å². The SMILES string of the molecule is CC1(C)C=C(CN=C=O)C(C)(C)[NH+]1[O-]. The van der Waals surface area contributed by atoms with E-state index in [0.717, 1.165) is 5.57 Å². The van der Waals surface area contributed by atoms with Gasteiger partial charge in [0, 0.05) is 5.57 Å². The molecular formula is C10H16N2O2. The average molecular weight is 196 g/mol. The predicted octanol–water partition coefficient (Wildman–Crippen LogP) is 0.202. The van der Waals surface area contributed by atoms with Gasteiger partial charge in [-0.3, -0.25) is 0 Å². The monoisotopic (exact) mass is 196 g/mol. The largest absolute Gasteiger partial charge is 0.633 e. The summed E-state index contributed by atoms with van der Waals surface area (Å²) in [5, 5.41) is 12.1. The zero-order chi connectivity index (χ0) is 11.0. The lowest BCUT2D eigenvalue weighted by molar-refractivity contribution is -0.927. The first-order chi connectivity index (χ1) is 6.32. The molecule has 1 aliphatic heterocycles. The number of nitrogens with zero attached hydrogens (tertiary/aromatic N) is 1. The van der Waals surface area contributed by atoms with Gasteiger partial charge in [0.05, 0.1) is 6.54 Å². The number of hydroxylamine groups is 2. The Kier molecular flexibility index (Phi) is 2.63. The van der Waals surface area contributed by atoms with Gasteiger partial charge in [-0.1, -0.05) is 0 Å². The van der Waals surface area contributed by atoms with Gasteiger partial charge in [-0.05, 0) is 33.8 Å². The highest BCUT2D eigenvalue weighted by Crippen LogP contribution is 2.24. The number of hydrogen-bond acceptors (Lipinski definition) is 3.